The molecular formula is C12H17N3O3. The van der Waals surface area contributed by atoms with Crippen LogP contribution in [0, 0.1) is 5.92 Å². The number of hydrogen-bond donors (Lipinski definition) is 0. The van der Waals surface area contributed by atoms with Crippen LogP contribution in [0.15, 0.2) is 15.0 Å². The highest BCUT2D eigenvalue weighted by Gasteiger charge is 2.22. The third kappa shape index (κ3) is 6.02. The molecule has 0 aromatic rings. The number of isocyanates is 3. The first-order chi connectivity index (χ1) is 8.49. The second kappa shape index (κ2) is 8.26. The predicted octanol–water partition coefficient (Wildman–Crippen LogP) is 1.90. The molecule has 0 saturated heterocycles. The summed E-state index contributed by atoms with van der Waals surface area (Å²) in [5, 5.41) is 0. The summed E-state index contributed by atoms with van der Waals surface area (Å²) in [6.45, 7) is 5.37. The zero-order valence-corrected chi connectivity index (χ0v) is 10.8. The lowest BCUT2D eigenvalue weighted by Crippen LogP contribution is -2.19. The summed E-state index contributed by atoms with van der Waals surface area (Å²) in [6.07, 6.45) is 6.27. The Morgan fingerprint density at radius 1 is 1.06 bits per heavy atom. The molecule has 98 valence electrons. The fourth-order valence-corrected chi connectivity index (χ4v) is 1.54. The number of aliphatic imine (C=N–C) groups is 3. The molecule has 0 radical (unpaired) electrons. The summed E-state index contributed by atoms with van der Waals surface area (Å²) in [5.74, 6) is 0.205. The van der Waals surface area contributed by atoms with Gasteiger partial charge in [0, 0.05) is 0 Å². The summed E-state index contributed by atoms with van der Waals surface area (Å²) in [7, 11) is 0. The van der Waals surface area contributed by atoms with Crippen LogP contribution >= 0.6 is 0 Å². The molecule has 2 unspecified atom stereocenters. The second-order valence-electron chi connectivity index (χ2n) is 4.45. The third-order valence-electron chi connectivity index (χ3n) is 2.96. The first-order valence-corrected chi connectivity index (χ1v) is 5.74. The van der Waals surface area contributed by atoms with Crippen molar-refractivity contribution in [2.45, 2.75) is 51.7 Å². The quantitative estimate of drug-likeness (QED) is 0.487. The zero-order valence-electron chi connectivity index (χ0n) is 10.8. The van der Waals surface area contributed by atoms with Crippen LogP contribution in [-0.4, -0.2) is 29.9 Å². The maximum absolute atomic E-state index is 10.2. The minimum atomic E-state index is -1.08. The molecule has 0 aromatic heterocycles. The Morgan fingerprint density at radius 2 is 1.61 bits per heavy atom. The van der Waals surface area contributed by atoms with Crippen molar-refractivity contribution in [3.05, 3.63) is 0 Å². The topological polar surface area (TPSA) is 88.3 Å². The number of hydrogen-bond acceptors (Lipinski definition) is 6. The van der Waals surface area contributed by atoms with Gasteiger partial charge in [0.15, 0.2) is 5.66 Å². The Hall–Kier alpha value is -1.86. The maximum Gasteiger partial charge on any atom is 0.237 e. The van der Waals surface area contributed by atoms with Crippen molar-refractivity contribution in [3.63, 3.8) is 0 Å². The lowest BCUT2D eigenvalue weighted by atomic mass is 9.95. The van der Waals surface area contributed by atoms with Crippen LogP contribution in [-0.2, 0) is 14.4 Å². The highest BCUT2D eigenvalue weighted by molar-refractivity contribution is 5.38. The Morgan fingerprint density at radius 3 is 2.06 bits per heavy atom. The molecule has 0 aliphatic carbocycles. The van der Waals surface area contributed by atoms with Crippen LogP contribution in [0.1, 0.15) is 40.0 Å². The highest BCUT2D eigenvalue weighted by Crippen LogP contribution is 2.22. The Bertz CT molecular complexity index is 385. The maximum atomic E-state index is 10.2. The normalized spacial score (nSPS) is 16.2. The van der Waals surface area contributed by atoms with Crippen molar-refractivity contribution in [3.8, 4) is 0 Å². The molecule has 0 rings (SSSR count). The van der Waals surface area contributed by atoms with Gasteiger partial charge in [-0.25, -0.2) is 19.4 Å². The molecule has 0 N–H and O–H groups in total. The molecule has 0 fully saturated rings. The number of rotatable bonds is 8. The molecule has 2 atom stereocenters. The molecule has 0 saturated carbocycles. The van der Waals surface area contributed by atoms with E-state index < -0.39 is 5.66 Å². The van der Waals surface area contributed by atoms with Crippen molar-refractivity contribution in [2.24, 2.45) is 20.9 Å². The summed E-state index contributed by atoms with van der Waals surface area (Å²) in [5.41, 5.74) is -1.08. The average Bonchev–Trinajstić information content (AvgIpc) is 2.29. The van der Waals surface area contributed by atoms with Crippen molar-refractivity contribution in [1.29, 1.82) is 0 Å². The van der Waals surface area contributed by atoms with E-state index in [4.69, 9.17) is 0 Å². The minimum absolute atomic E-state index is 0.0992. The first-order valence-electron chi connectivity index (χ1n) is 5.74. The van der Waals surface area contributed by atoms with Crippen molar-refractivity contribution in [2.75, 3.05) is 0 Å². The molecule has 0 aliphatic rings. The fourth-order valence-electron chi connectivity index (χ4n) is 1.54. The molecule has 0 amide bonds. The van der Waals surface area contributed by atoms with E-state index in [-0.39, 0.29) is 12.0 Å². The fraction of sp³-hybridized carbons (Fsp3) is 0.750. The zero-order chi connectivity index (χ0) is 14.0. The van der Waals surface area contributed by atoms with Gasteiger partial charge >= 0.3 is 0 Å². The summed E-state index contributed by atoms with van der Waals surface area (Å²) < 4.78 is 0. The lowest BCUT2D eigenvalue weighted by Gasteiger charge is -2.19. The van der Waals surface area contributed by atoms with Gasteiger partial charge < -0.3 is 0 Å². The van der Waals surface area contributed by atoms with E-state index in [0.29, 0.717) is 12.8 Å². The van der Waals surface area contributed by atoms with E-state index >= 15 is 0 Å². The van der Waals surface area contributed by atoms with E-state index in [2.05, 4.69) is 15.0 Å². The third-order valence-corrected chi connectivity index (χ3v) is 2.96. The minimum Gasteiger partial charge on any atom is -0.211 e. The lowest BCUT2D eigenvalue weighted by molar-refractivity contribution is 0.375. The predicted molar refractivity (Wildman–Crippen MR) is 65.2 cm³/mol. The summed E-state index contributed by atoms with van der Waals surface area (Å²) in [4.78, 5) is 41.2. The SMILES string of the molecule is CC(CCCC(C)(N=C=O)N=C=O)C(C)N=C=O. The molecule has 18 heavy (non-hydrogen) atoms. The van der Waals surface area contributed by atoms with Crippen LogP contribution in [0.4, 0.5) is 0 Å². The van der Waals surface area contributed by atoms with Crippen LogP contribution < -0.4 is 0 Å². The van der Waals surface area contributed by atoms with Gasteiger partial charge in [-0.1, -0.05) is 6.92 Å². The highest BCUT2D eigenvalue weighted by atomic mass is 16.1. The summed E-state index contributed by atoms with van der Waals surface area (Å²) in [6, 6.07) is -0.0992. The van der Waals surface area contributed by atoms with Crippen molar-refractivity contribution in [1.82, 2.24) is 0 Å². The molecule has 0 spiro atoms. The molecule has 0 aliphatic heterocycles. The van der Waals surface area contributed by atoms with E-state index in [9.17, 15) is 14.4 Å². The van der Waals surface area contributed by atoms with Gasteiger partial charge in [-0.3, -0.25) is 0 Å². The van der Waals surface area contributed by atoms with Crippen molar-refractivity contribution < 1.29 is 14.4 Å². The molecule has 0 bridgehead atoms. The van der Waals surface area contributed by atoms with Crippen LogP contribution in [0.3, 0.4) is 0 Å². The average molecular weight is 251 g/mol. The van der Waals surface area contributed by atoms with Crippen LogP contribution in [0.2, 0.25) is 0 Å². The van der Waals surface area contributed by atoms with E-state index in [1.807, 2.05) is 13.8 Å². The Labute approximate surface area is 106 Å². The number of nitrogens with zero attached hydrogens (tertiary/aromatic N) is 3. The molecule has 0 heterocycles. The van der Waals surface area contributed by atoms with Crippen molar-refractivity contribution >= 4 is 18.2 Å². The van der Waals surface area contributed by atoms with E-state index in [0.717, 1.165) is 6.42 Å². The van der Waals surface area contributed by atoms with Gasteiger partial charge in [-0.2, -0.15) is 9.98 Å². The van der Waals surface area contributed by atoms with Crippen LogP contribution in [0.25, 0.3) is 0 Å². The second-order valence-corrected chi connectivity index (χ2v) is 4.45. The molecule has 0 aromatic carbocycles. The first kappa shape index (κ1) is 16.1. The van der Waals surface area contributed by atoms with Gasteiger partial charge in [0.1, 0.15) is 0 Å². The number of carbonyl (C=O) groups excluding carboxylic acids is 3. The van der Waals surface area contributed by atoms with Gasteiger partial charge in [0.05, 0.1) is 6.04 Å². The molecule has 6 nitrogen and oxygen atoms in total. The van der Waals surface area contributed by atoms with Gasteiger partial charge in [0.25, 0.3) is 0 Å². The van der Waals surface area contributed by atoms with Gasteiger partial charge in [-0.15, -0.1) is 0 Å². The van der Waals surface area contributed by atoms with Gasteiger partial charge in [0.2, 0.25) is 18.2 Å². The van der Waals surface area contributed by atoms with Gasteiger partial charge in [-0.05, 0) is 39.0 Å². The molecular weight excluding hydrogens is 234 g/mol. The van der Waals surface area contributed by atoms with E-state index in [1.54, 1.807) is 6.92 Å². The summed E-state index contributed by atoms with van der Waals surface area (Å²) >= 11 is 0. The monoisotopic (exact) mass is 251 g/mol. The van der Waals surface area contributed by atoms with Crippen LogP contribution in [0.5, 0.6) is 0 Å². The largest absolute Gasteiger partial charge is 0.237 e. The molecule has 6 heteroatoms. The standard InChI is InChI=1S/C12H17N3O3/c1-10(11(2)13-7-16)5-4-6-12(3,14-8-17)15-9-18/h10-11H,4-6H2,1-3H3. The Kier molecular flexibility index (Phi) is 7.41. The Balaban J connectivity index is 4.35. The smallest absolute Gasteiger partial charge is 0.211 e. The van der Waals surface area contributed by atoms with E-state index in [1.165, 1.54) is 18.2 Å².